The van der Waals surface area contributed by atoms with Crippen LogP contribution in [0.15, 0.2) is 48.5 Å². The van der Waals surface area contributed by atoms with Crippen LogP contribution < -0.4 is 4.31 Å². The van der Waals surface area contributed by atoms with Crippen LogP contribution in [0.5, 0.6) is 0 Å². The maximum absolute atomic E-state index is 12.1. The molecule has 0 aliphatic rings. The number of hydrogen-bond acceptors (Lipinski definition) is 3. The Hall–Kier alpha value is -2.34. The number of aryl methyl sites for hydroxylation is 1. The molecule has 0 aromatic heterocycles. The van der Waals surface area contributed by atoms with Gasteiger partial charge in [-0.15, -0.1) is 0 Å². The highest BCUT2D eigenvalue weighted by atomic mass is 32.2. The molecule has 0 unspecified atom stereocenters. The number of carbonyl (C=O) groups is 1. The summed E-state index contributed by atoms with van der Waals surface area (Å²) in [6.07, 6.45) is 1.15. The molecule has 2 aromatic carbocycles. The molecule has 0 fully saturated rings. The smallest absolute Gasteiger partial charge is 0.335 e. The molecule has 0 aliphatic carbocycles. The van der Waals surface area contributed by atoms with Crippen molar-refractivity contribution in [2.75, 3.05) is 10.6 Å². The lowest BCUT2D eigenvalue weighted by Gasteiger charge is -2.23. The Bertz CT molecular complexity index is 782. The van der Waals surface area contributed by atoms with E-state index in [1.807, 2.05) is 13.0 Å². The number of anilines is 1. The Morgan fingerprint density at radius 1 is 1.14 bits per heavy atom. The highest BCUT2D eigenvalue weighted by Gasteiger charge is 2.18. The Balaban J connectivity index is 2.34. The van der Waals surface area contributed by atoms with Crippen molar-refractivity contribution in [3.8, 4) is 0 Å². The molecule has 0 bridgehead atoms. The summed E-state index contributed by atoms with van der Waals surface area (Å²) in [7, 11) is -3.44. The molecule has 0 saturated heterocycles. The summed E-state index contributed by atoms with van der Waals surface area (Å²) in [5.41, 5.74) is 2.44. The molecule has 6 heteroatoms. The normalized spacial score (nSPS) is 11.2. The van der Waals surface area contributed by atoms with Crippen molar-refractivity contribution >= 4 is 21.7 Å². The molecular weight excluding hydrogens is 302 g/mol. The summed E-state index contributed by atoms with van der Waals surface area (Å²) in [5.74, 6) is -1.01. The zero-order chi connectivity index (χ0) is 16.3. The first-order valence-electron chi connectivity index (χ1n) is 6.64. The Morgan fingerprint density at radius 3 is 2.27 bits per heavy atom. The summed E-state index contributed by atoms with van der Waals surface area (Å²) in [6, 6.07) is 13.4. The van der Waals surface area contributed by atoms with Gasteiger partial charge in [0.15, 0.2) is 0 Å². The number of rotatable bonds is 5. The number of carboxylic acids is 1. The third-order valence-electron chi connectivity index (χ3n) is 3.22. The minimum absolute atomic E-state index is 0.155. The highest BCUT2D eigenvalue weighted by Crippen LogP contribution is 2.21. The second-order valence-electron chi connectivity index (χ2n) is 5.11. The van der Waals surface area contributed by atoms with Crippen LogP contribution in [-0.2, 0) is 16.6 Å². The van der Waals surface area contributed by atoms with E-state index in [2.05, 4.69) is 0 Å². The van der Waals surface area contributed by atoms with Crippen molar-refractivity contribution < 1.29 is 18.3 Å². The molecule has 0 radical (unpaired) electrons. The zero-order valence-corrected chi connectivity index (χ0v) is 13.2. The van der Waals surface area contributed by atoms with Gasteiger partial charge in [-0.1, -0.05) is 24.3 Å². The van der Waals surface area contributed by atoms with E-state index in [9.17, 15) is 13.2 Å². The molecule has 2 rings (SSSR count). The molecule has 0 amide bonds. The van der Waals surface area contributed by atoms with E-state index >= 15 is 0 Å². The molecule has 0 aliphatic heterocycles. The minimum Gasteiger partial charge on any atom is -0.478 e. The lowest BCUT2D eigenvalue weighted by molar-refractivity contribution is 0.0697. The largest absolute Gasteiger partial charge is 0.478 e. The van der Waals surface area contributed by atoms with Crippen LogP contribution in [0.3, 0.4) is 0 Å². The van der Waals surface area contributed by atoms with E-state index in [1.54, 1.807) is 30.3 Å². The van der Waals surface area contributed by atoms with E-state index in [0.29, 0.717) is 5.69 Å². The molecular formula is C16H17NO4S. The summed E-state index contributed by atoms with van der Waals surface area (Å²) in [5, 5.41) is 8.89. The van der Waals surface area contributed by atoms with E-state index in [-0.39, 0.29) is 12.1 Å². The van der Waals surface area contributed by atoms with Crippen molar-refractivity contribution in [3.05, 3.63) is 65.2 Å². The van der Waals surface area contributed by atoms with Gasteiger partial charge in [-0.2, -0.15) is 0 Å². The average Bonchev–Trinajstić information content (AvgIpc) is 2.44. The lowest BCUT2D eigenvalue weighted by atomic mass is 10.1. The van der Waals surface area contributed by atoms with Gasteiger partial charge < -0.3 is 5.11 Å². The molecule has 116 valence electrons. The van der Waals surface area contributed by atoms with Crippen molar-refractivity contribution in [1.82, 2.24) is 0 Å². The van der Waals surface area contributed by atoms with Crippen LogP contribution in [0.25, 0.3) is 0 Å². The minimum atomic E-state index is -3.44. The maximum atomic E-state index is 12.1. The van der Waals surface area contributed by atoms with Gasteiger partial charge in [0.2, 0.25) is 10.0 Å². The van der Waals surface area contributed by atoms with Gasteiger partial charge in [0.25, 0.3) is 0 Å². The monoisotopic (exact) mass is 319 g/mol. The molecule has 0 saturated carbocycles. The van der Waals surface area contributed by atoms with E-state index in [1.165, 1.54) is 16.4 Å². The van der Waals surface area contributed by atoms with Gasteiger partial charge >= 0.3 is 5.97 Å². The molecule has 0 atom stereocenters. The van der Waals surface area contributed by atoms with E-state index in [4.69, 9.17) is 5.11 Å². The Kier molecular flexibility index (Phi) is 4.51. The maximum Gasteiger partial charge on any atom is 0.335 e. The van der Waals surface area contributed by atoms with Gasteiger partial charge in [0, 0.05) is 0 Å². The van der Waals surface area contributed by atoms with Crippen molar-refractivity contribution in [2.45, 2.75) is 13.5 Å². The van der Waals surface area contributed by atoms with Gasteiger partial charge in [0.05, 0.1) is 24.1 Å². The van der Waals surface area contributed by atoms with Gasteiger partial charge in [-0.05, 0) is 42.3 Å². The molecule has 0 heterocycles. The zero-order valence-electron chi connectivity index (χ0n) is 12.4. The second-order valence-corrected chi connectivity index (χ2v) is 7.02. The van der Waals surface area contributed by atoms with Crippen LogP contribution >= 0.6 is 0 Å². The summed E-state index contributed by atoms with van der Waals surface area (Å²) >= 11 is 0. The number of sulfonamides is 1. The Labute approximate surface area is 129 Å². The topological polar surface area (TPSA) is 74.7 Å². The van der Waals surface area contributed by atoms with Gasteiger partial charge in [0.1, 0.15) is 0 Å². The molecule has 0 spiro atoms. The van der Waals surface area contributed by atoms with Crippen LogP contribution in [0.4, 0.5) is 5.69 Å². The third-order valence-corrected chi connectivity index (χ3v) is 4.36. The Morgan fingerprint density at radius 2 is 1.77 bits per heavy atom. The number of carboxylic acid groups (broad SMARTS) is 1. The molecule has 1 N–H and O–H groups in total. The second kappa shape index (κ2) is 6.19. The first-order valence-corrected chi connectivity index (χ1v) is 8.49. The predicted molar refractivity (Wildman–Crippen MR) is 85.6 cm³/mol. The molecule has 22 heavy (non-hydrogen) atoms. The number of hydrogen-bond donors (Lipinski definition) is 1. The first-order chi connectivity index (χ1) is 10.3. The highest BCUT2D eigenvalue weighted by molar-refractivity contribution is 7.92. The quantitative estimate of drug-likeness (QED) is 0.919. The van der Waals surface area contributed by atoms with E-state index in [0.717, 1.165) is 17.4 Å². The summed E-state index contributed by atoms with van der Waals surface area (Å²) < 4.78 is 25.4. The predicted octanol–water partition coefficient (Wildman–Crippen LogP) is 2.66. The fourth-order valence-electron chi connectivity index (χ4n) is 2.10. The first kappa shape index (κ1) is 16.0. The number of aromatic carboxylic acids is 1. The SMILES string of the molecule is Cc1cccc(N(Cc2ccc(C(=O)O)cc2)S(C)(=O)=O)c1. The third kappa shape index (κ3) is 3.85. The fraction of sp³-hybridized carbons (Fsp3) is 0.188. The average molecular weight is 319 g/mol. The fourth-order valence-corrected chi connectivity index (χ4v) is 2.98. The number of benzene rings is 2. The van der Waals surface area contributed by atoms with Crippen LogP contribution in [0.1, 0.15) is 21.5 Å². The lowest BCUT2D eigenvalue weighted by Crippen LogP contribution is -2.29. The molecule has 2 aromatic rings. The number of nitrogens with zero attached hydrogens (tertiary/aromatic N) is 1. The van der Waals surface area contributed by atoms with E-state index < -0.39 is 16.0 Å². The summed E-state index contributed by atoms with van der Waals surface area (Å²) in [6.45, 7) is 2.05. The standard InChI is InChI=1S/C16H17NO4S/c1-12-4-3-5-15(10-12)17(22(2,20)21)11-13-6-8-14(9-7-13)16(18)19/h3-10H,11H2,1-2H3,(H,18,19). The van der Waals surface area contributed by atoms with Crippen molar-refractivity contribution in [3.63, 3.8) is 0 Å². The molecule has 5 nitrogen and oxygen atoms in total. The van der Waals surface area contributed by atoms with Crippen molar-refractivity contribution in [1.29, 1.82) is 0 Å². The van der Waals surface area contributed by atoms with Crippen LogP contribution in [0, 0.1) is 6.92 Å². The van der Waals surface area contributed by atoms with Gasteiger partial charge in [-0.25, -0.2) is 13.2 Å². The van der Waals surface area contributed by atoms with Crippen molar-refractivity contribution in [2.24, 2.45) is 0 Å². The summed E-state index contributed by atoms with van der Waals surface area (Å²) in [4.78, 5) is 10.8. The van der Waals surface area contributed by atoms with Crippen LogP contribution in [-0.4, -0.2) is 25.7 Å². The van der Waals surface area contributed by atoms with Gasteiger partial charge in [-0.3, -0.25) is 4.31 Å². The van der Waals surface area contributed by atoms with Crippen LogP contribution in [0.2, 0.25) is 0 Å².